The molecule has 0 saturated carbocycles. The first-order valence-electron chi connectivity index (χ1n) is 8.15. The van der Waals surface area contributed by atoms with Crippen LogP contribution in [0.1, 0.15) is 31.1 Å². The molecule has 0 fully saturated rings. The van der Waals surface area contributed by atoms with Crippen LogP contribution < -0.4 is 5.32 Å². The van der Waals surface area contributed by atoms with Crippen molar-refractivity contribution in [3.05, 3.63) is 48.4 Å². The monoisotopic (exact) mass is 333 g/mol. The van der Waals surface area contributed by atoms with Crippen LogP contribution in [0.15, 0.2) is 42.9 Å². The maximum absolute atomic E-state index is 12.5. The number of carbonyl (C=O) groups is 1. The van der Waals surface area contributed by atoms with Crippen LogP contribution >= 0.6 is 0 Å². The molecule has 3 N–H and O–H groups in total. The summed E-state index contributed by atoms with van der Waals surface area (Å²) >= 11 is 0. The van der Waals surface area contributed by atoms with Gasteiger partial charge in [0.15, 0.2) is 5.65 Å². The van der Waals surface area contributed by atoms with Crippen LogP contribution in [0, 0.1) is 0 Å². The van der Waals surface area contributed by atoms with Gasteiger partial charge in [-0.3, -0.25) is 4.79 Å². The Balaban J connectivity index is 1.84. The molecule has 25 heavy (non-hydrogen) atoms. The fourth-order valence-electron chi connectivity index (χ4n) is 2.90. The van der Waals surface area contributed by atoms with Crippen molar-refractivity contribution in [2.45, 2.75) is 26.3 Å². The van der Waals surface area contributed by atoms with E-state index in [9.17, 15) is 4.79 Å². The number of aromatic nitrogens is 4. The maximum Gasteiger partial charge on any atom is 0.255 e. The summed E-state index contributed by atoms with van der Waals surface area (Å²) in [6.45, 7) is 5.84. The fraction of sp³-hybridized carbons (Fsp3) is 0.211. The van der Waals surface area contributed by atoms with Crippen molar-refractivity contribution in [1.29, 1.82) is 0 Å². The molecule has 0 atom stereocenters. The predicted octanol–water partition coefficient (Wildman–Crippen LogP) is 3.63. The van der Waals surface area contributed by atoms with Crippen LogP contribution in [0.3, 0.4) is 0 Å². The minimum absolute atomic E-state index is 0.164. The lowest BCUT2D eigenvalue weighted by Crippen LogP contribution is -2.40. The number of nitrogens with one attached hydrogen (secondary N) is 3. The second-order valence-corrected chi connectivity index (χ2v) is 7.11. The van der Waals surface area contributed by atoms with Gasteiger partial charge in [0.1, 0.15) is 5.52 Å². The highest BCUT2D eigenvalue weighted by atomic mass is 16.1. The van der Waals surface area contributed by atoms with Crippen molar-refractivity contribution < 1.29 is 4.79 Å². The van der Waals surface area contributed by atoms with E-state index in [0.717, 1.165) is 22.2 Å². The van der Waals surface area contributed by atoms with Crippen LogP contribution in [0.4, 0.5) is 0 Å². The topological polar surface area (TPSA) is 86.5 Å². The van der Waals surface area contributed by atoms with Crippen LogP contribution in [0.5, 0.6) is 0 Å². The van der Waals surface area contributed by atoms with Gasteiger partial charge in [0.2, 0.25) is 0 Å². The predicted molar refractivity (Wildman–Crippen MR) is 98.4 cm³/mol. The average molecular weight is 333 g/mol. The molecule has 126 valence electrons. The van der Waals surface area contributed by atoms with Crippen molar-refractivity contribution in [1.82, 2.24) is 25.3 Å². The van der Waals surface area contributed by atoms with Gasteiger partial charge in [-0.05, 0) is 26.8 Å². The van der Waals surface area contributed by atoms with E-state index in [2.05, 4.69) is 20.3 Å². The van der Waals surface area contributed by atoms with Crippen molar-refractivity contribution in [2.24, 2.45) is 0 Å². The third kappa shape index (κ3) is 2.76. The first kappa shape index (κ1) is 15.4. The highest BCUT2D eigenvalue weighted by Gasteiger charge is 2.20. The molecule has 6 heteroatoms. The molecule has 0 aliphatic rings. The third-order valence-electron chi connectivity index (χ3n) is 3.98. The van der Waals surface area contributed by atoms with Gasteiger partial charge in [0.05, 0.1) is 23.0 Å². The number of hydrogen-bond donors (Lipinski definition) is 3. The normalized spacial score (nSPS) is 12.0. The van der Waals surface area contributed by atoms with E-state index in [4.69, 9.17) is 4.98 Å². The summed E-state index contributed by atoms with van der Waals surface area (Å²) in [4.78, 5) is 28.0. The zero-order valence-electron chi connectivity index (χ0n) is 14.3. The van der Waals surface area contributed by atoms with E-state index in [0.29, 0.717) is 16.7 Å². The Morgan fingerprint density at radius 3 is 2.80 bits per heavy atom. The molecule has 0 bridgehead atoms. The highest BCUT2D eigenvalue weighted by molar-refractivity contribution is 6.05. The van der Waals surface area contributed by atoms with Crippen molar-refractivity contribution >= 4 is 28.0 Å². The summed E-state index contributed by atoms with van der Waals surface area (Å²) in [5.41, 5.74) is 4.04. The second kappa shape index (κ2) is 5.44. The lowest BCUT2D eigenvalue weighted by Gasteiger charge is -2.20. The molecule has 0 aliphatic carbocycles. The summed E-state index contributed by atoms with van der Waals surface area (Å²) in [5, 5.41) is 4.08. The molecule has 0 aliphatic heterocycles. The number of H-pyrrole nitrogens is 2. The third-order valence-corrected chi connectivity index (χ3v) is 3.98. The van der Waals surface area contributed by atoms with Gasteiger partial charge in [-0.2, -0.15) is 0 Å². The summed E-state index contributed by atoms with van der Waals surface area (Å²) in [5.74, 6) is -0.164. The van der Waals surface area contributed by atoms with Gasteiger partial charge in [0.25, 0.3) is 5.91 Å². The number of hydrogen-bond acceptors (Lipinski definition) is 3. The van der Waals surface area contributed by atoms with Crippen LogP contribution in [0.25, 0.3) is 33.3 Å². The lowest BCUT2D eigenvalue weighted by molar-refractivity contribution is 0.0921. The number of amides is 1. The molecule has 0 spiro atoms. The Morgan fingerprint density at radius 1 is 1.16 bits per heavy atom. The minimum atomic E-state index is -0.318. The van der Waals surface area contributed by atoms with Crippen LogP contribution in [0.2, 0.25) is 0 Å². The molecule has 3 heterocycles. The quantitative estimate of drug-likeness (QED) is 0.523. The van der Waals surface area contributed by atoms with Gasteiger partial charge >= 0.3 is 0 Å². The molecule has 3 aromatic heterocycles. The van der Waals surface area contributed by atoms with E-state index in [1.54, 1.807) is 12.4 Å². The average Bonchev–Trinajstić information content (AvgIpc) is 3.18. The summed E-state index contributed by atoms with van der Waals surface area (Å²) in [6, 6.07) is 8.04. The Morgan fingerprint density at radius 2 is 2.00 bits per heavy atom. The van der Waals surface area contributed by atoms with Gasteiger partial charge in [-0.15, -0.1) is 0 Å². The zero-order valence-corrected chi connectivity index (χ0v) is 14.3. The lowest BCUT2D eigenvalue weighted by atomic mass is 10.1. The number of benzene rings is 1. The molecule has 1 aromatic carbocycles. The first-order chi connectivity index (χ1) is 11.9. The van der Waals surface area contributed by atoms with Crippen molar-refractivity contribution in [2.75, 3.05) is 0 Å². The fourth-order valence-corrected chi connectivity index (χ4v) is 2.90. The van der Waals surface area contributed by atoms with E-state index in [-0.39, 0.29) is 11.4 Å². The Kier molecular flexibility index (Phi) is 3.35. The number of aromatic amines is 2. The molecular weight excluding hydrogens is 314 g/mol. The summed E-state index contributed by atoms with van der Waals surface area (Å²) < 4.78 is 0. The Hall–Kier alpha value is -3.15. The molecule has 0 unspecified atom stereocenters. The van der Waals surface area contributed by atoms with Crippen LogP contribution in [-0.4, -0.2) is 31.4 Å². The zero-order chi connectivity index (χ0) is 17.6. The van der Waals surface area contributed by atoms with Crippen molar-refractivity contribution in [3.63, 3.8) is 0 Å². The number of fused-ring (bicyclic) bond motifs is 2. The van der Waals surface area contributed by atoms with Gasteiger partial charge < -0.3 is 15.3 Å². The number of nitrogens with zero attached hydrogens (tertiary/aromatic N) is 2. The largest absolute Gasteiger partial charge is 0.361 e. The standard InChI is InChI=1S/C19H19N5O/c1-19(2,3)24-18(25)13-9-21-17-16(13)23-14(10-22-17)12-6-4-5-11-7-8-20-15(11)12/h4-10,20H,1-3H3,(H,21,22)(H,24,25). The second-order valence-electron chi connectivity index (χ2n) is 7.11. The smallest absolute Gasteiger partial charge is 0.255 e. The molecule has 0 radical (unpaired) electrons. The van der Waals surface area contributed by atoms with E-state index >= 15 is 0 Å². The van der Waals surface area contributed by atoms with E-state index < -0.39 is 0 Å². The maximum atomic E-state index is 12.5. The van der Waals surface area contributed by atoms with Crippen molar-refractivity contribution in [3.8, 4) is 11.3 Å². The Bertz CT molecular complexity index is 1080. The minimum Gasteiger partial charge on any atom is -0.361 e. The number of rotatable bonds is 2. The highest BCUT2D eigenvalue weighted by Crippen LogP contribution is 2.27. The van der Waals surface area contributed by atoms with Gasteiger partial charge in [0, 0.05) is 28.9 Å². The SMILES string of the molecule is CC(C)(C)NC(=O)c1c[nH]c2ncc(-c3cccc4cc[nH]c34)nc12. The molecule has 6 nitrogen and oxygen atoms in total. The molecule has 0 saturated heterocycles. The molecular formula is C19H19N5O. The van der Waals surface area contributed by atoms with E-state index in [1.165, 1.54) is 0 Å². The summed E-state index contributed by atoms with van der Waals surface area (Å²) in [6.07, 6.45) is 5.28. The number of para-hydroxylation sites is 1. The van der Waals surface area contributed by atoms with Gasteiger partial charge in [-0.25, -0.2) is 9.97 Å². The number of carbonyl (C=O) groups excluding carboxylic acids is 1. The van der Waals surface area contributed by atoms with Gasteiger partial charge in [-0.1, -0.05) is 18.2 Å². The first-order valence-corrected chi connectivity index (χ1v) is 8.15. The summed E-state index contributed by atoms with van der Waals surface area (Å²) in [7, 11) is 0. The molecule has 4 aromatic rings. The molecule has 4 rings (SSSR count). The molecule has 1 amide bonds. The van der Waals surface area contributed by atoms with Crippen LogP contribution in [-0.2, 0) is 0 Å². The Labute approximate surface area is 144 Å². The van der Waals surface area contributed by atoms with E-state index in [1.807, 2.05) is 51.2 Å².